The van der Waals surface area contributed by atoms with E-state index in [0.29, 0.717) is 5.82 Å². The lowest BCUT2D eigenvalue weighted by atomic mass is 10.2. The van der Waals surface area contributed by atoms with Gasteiger partial charge in [0.05, 0.1) is 9.82 Å². The molecule has 0 radical (unpaired) electrons. The van der Waals surface area contributed by atoms with E-state index in [1.54, 1.807) is 41.6 Å². The van der Waals surface area contributed by atoms with Gasteiger partial charge in [0.2, 0.25) is 10.0 Å². The number of aromatic nitrogens is 3. The highest BCUT2D eigenvalue weighted by atomic mass is 32.2. The zero-order valence-corrected chi connectivity index (χ0v) is 14.1. The Balaban J connectivity index is 1.84. The zero-order chi connectivity index (χ0) is 18.7. The summed E-state index contributed by atoms with van der Waals surface area (Å²) in [6.45, 7) is 0.278. The normalized spacial score (nSPS) is 11.3. The standard InChI is InChI=1S/C15H14N6O4S/c16-26(24,25)12-1-2-13(14(8-12)21(22)23)19-9-11-3-4-18-15(7-11)20-6-5-17-10-20/h1-8,10,19H,9H2,(H2,16,24,25). The van der Waals surface area contributed by atoms with Crippen molar-refractivity contribution in [3.8, 4) is 5.82 Å². The van der Waals surface area contributed by atoms with Crippen molar-refractivity contribution in [3.63, 3.8) is 0 Å². The Morgan fingerprint density at radius 1 is 1.23 bits per heavy atom. The van der Waals surface area contributed by atoms with Crippen LogP contribution in [0.3, 0.4) is 0 Å². The summed E-state index contributed by atoms with van der Waals surface area (Å²) in [5.74, 6) is 0.654. The first-order chi connectivity index (χ1) is 12.3. The largest absolute Gasteiger partial charge is 0.375 e. The minimum atomic E-state index is -4.02. The number of nitrogens with one attached hydrogen (secondary N) is 1. The van der Waals surface area contributed by atoms with Crippen molar-refractivity contribution in [3.05, 3.63) is 70.9 Å². The molecule has 0 saturated carbocycles. The average molecular weight is 374 g/mol. The summed E-state index contributed by atoms with van der Waals surface area (Å²) in [6, 6.07) is 7.03. The highest BCUT2D eigenvalue weighted by molar-refractivity contribution is 7.89. The smallest absolute Gasteiger partial charge is 0.293 e. The van der Waals surface area contributed by atoms with Gasteiger partial charge in [0.25, 0.3) is 5.69 Å². The van der Waals surface area contributed by atoms with E-state index < -0.39 is 14.9 Å². The molecule has 0 spiro atoms. The predicted molar refractivity (Wildman–Crippen MR) is 93.2 cm³/mol. The van der Waals surface area contributed by atoms with Crippen LogP contribution < -0.4 is 10.5 Å². The maximum Gasteiger partial charge on any atom is 0.293 e. The van der Waals surface area contributed by atoms with Gasteiger partial charge in [0, 0.05) is 31.2 Å². The van der Waals surface area contributed by atoms with Crippen molar-refractivity contribution in [2.75, 3.05) is 5.32 Å². The van der Waals surface area contributed by atoms with E-state index in [-0.39, 0.29) is 22.8 Å². The second kappa shape index (κ2) is 6.90. The van der Waals surface area contributed by atoms with Gasteiger partial charge in [0.15, 0.2) is 0 Å². The van der Waals surface area contributed by atoms with Crippen LogP contribution in [0.4, 0.5) is 11.4 Å². The molecule has 0 aliphatic rings. The Labute approximate surface area is 148 Å². The maximum absolute atomic E-state index is 11.4. The molecule has 3 rings (SSSR count). The SMILES string of the molecule is NS(=O)(=O)c1ccc(NCc2ccnc(-n3ccnc3)c2)c([N+](=O)[O-])c1. The number of anilines is 1. The Hall–Kier alpha value is -3.31. The average Bonchev–Trinajstić information content (AvgIpc) is 3.14. The third-order valence-electron chi connectivity index (χ3n) is 3.56. The number of hydrogen-bond donors (Lipinski definition) is 2. The number of nitrogens with zero attached hydrogens (tertiary/aromatic N) is 4. The van der Waals surface area contributed by atoms with Crippen LogP contribution in [0, 0.1) is 10.1 Å². The lowest BCUT2D eigenvalue weighted by Crippen LogP contribution is -2.13. The fourth-order valence-electron chi connectivity index (χ4n) is 2.29. The summed E-state index contributed by atoms with van der Waals surface area (Å²) in [5.41, 5.74) is 0.636. The van der Waals surface area contributed by atoms with Crippen LogP contribution in [0.1, 0.15) is 5.56 Å². The number of nitro benzene ring substituents is 1. The molecule has 3 aromatic rings. The van der Waals surface area contributed by atoms with Crippen molar-refractivity contribution in [2.24, 2.45) is 5.14 Å². The van der Waals surface area contributed by atoms with E-state index in [9.17, 15) is 18.5 Å². The summed E-state index contributed by atoms with van der Waals surface area (Å²) in [4.78, 5) is 18.4. The topological polar surface area (TPSA) is 146 Å². The Morgan fingerprint density at radius 2 is 2.04 bits per heavy atom. The molecule has 0 unspecified atom stereocenters. The lowest BCUT2D eigenvalue weighted by Gasteiger charge is -2.09. The minimum absolute atomic E-state index is 0.184. The van der Waals surface area contributed by atoms with Crippen LogP contribution >= 0.6 is 0 Å². The van der Waals surface area contributed by atoms with E-state index in [1.165, 1.54) is 12.1 Å². The molecule has 3 N–H and O–H groups in total. The summed E-state index contributed by atoms with van der Waals surface area (Å²) < 4.78 is 24.5. The summed E-state index contributed by atoms with van der Waals surface area (Å²) in [5, 5.41) is 19.2. The van der Waals surface area contributed by atoms with Crippen molar-refractivity contribution < 1.29 is 13.3 Å². The number of sulfonamides is 1. The molecule has 0 aliphatic carbocycles. The number of imidazole rings is 1. The van der Waals surface area contributed by atoms with E-state index >= 15 is 0 Å². The first-order valence-corrected chi connectivity index (χ1v) is 8.87. The second-order valence-corrected chi connectivity index (χ2v) is 6.89. The molecule has 2 heterocycles. The number of pyridine rings is 1. The fourth-order valence-corrected chi connectivity index (χ4v) is 2.83. The fraction of sp³-hybridized carbons (Fsp3) is 0.0667. The molecule has 10 nitrogen and oxygen atoms in total. The monoisotopic (exact) mass is 374 g/mol. The van der Waals surface area contributed by atoms with Crippen LogP contribution in [-0.2, 0) is 16.6 Å². The lowest BCUT2D eigenvalue weighted by molar-refractivity contribution is -0.384. The molecule has 2 aromatic heterocycles. The third-order valence-corrected chi connectivity index (χ3v) is 4.47. The van der Waals surface area contributed by atoms with Gasteiger partial charge < -0.3 is 5.32 Å². The van der Waals surface area contributed by atoms with Gasteiger partial charge in [-0.2, -0.15) is 0 Å². The minimum Gasteiger partial charge on any atom is -0.375 e. The molecular formula is C15H14N6O4S. The number of benzene rings is 1. The van der Waals surface area contributed by atoms with Crippen LogP contribution in [-0.4, -0.2) is 27.9 Å². The highest BCUT2D eigenvalue weighted by Crippen LogP contribution is 2.27. The molecule has 0 bridgehead atoms. The predicted octanol–water partition coefficient (Wildman–Crippen LogP) is 1.44. The third kappa shape index (κ3) is 3.84. The number of primary sulfonamides is 1. The Morgan fingerprint density at radius 3 is 2.69 bits per heavy atom. The summed E-state index contributed by atoms with van der Waals surface area (Å²) in [7, 11) is -4.02. The van der Waals surface area contributed by atoms with Crippen LogP contribution in [0.15, 0.2) is 60.1 Å². The Bertz CT molecular complexity index is 1050. The molecule has 0 aliphatic heterocycles. The number of rotatable bonds is 6. The van der Waals surface area contributed by atoms with E-state index in [2.05, 4.69) is 15.3 Å². The molecule has 26 heavy (non-hydrogen) atoms. The van der Waals surface area contributed by atoms with Crippen molar-refractivity contribution >= 4 is 21.4 Å². The van der Waals surface area contributed by atoms with E-state index in [1.807, 2.05) is 0 Å². The van der Waals surface area contributed by atoms with Crippen molar-refractivity contribution in [2.45, 2.75) is 11.4 Å². The van der Waals surface area contributed by atoms with Gasteiger partial charge in [-0.05, 0) is 29.8 Å². The zero-order valence-electron chi connectivity index (χ0n) is 13.3. The highest BCUT2D eigenvalue weighted by Gasteiger charge is 2.18. The van der Waals surface area contributed by atoms with E-state index in [4.69, 9.17) is 5.14 Å². The quantitative estimate of drug-likeness (QED) is 0.490. The van der Waals surface area contributed by atoms with Crippen LogP contribution in [0.2, 0.25) is 0 Å². The van der Waals surface area contributed by atoms with Gasteiger partial charge in [-0.3, -0.25) is 14.7 Å². The van der Waals surface area contributed by atoms with E-state index in [0.717, 1.165) is 11.6 Å². The van der Waals surface area contributed by atoms with Crippen LogP contribution in [0.5, 0.6) is 0 Å². The first-order valence-electron chi connectivity index (χ1n) is 7.33. The van der Waals surface area contributed by atoms with Gasteiger partial charge in [0.1, 0.15) is 17.8 Å². The Kier molecular flexibility index (Phi) is 4.65. The van der Waals surface area contributed by atoms with Crippen molar-refractivity contribution in [1.82, 2.24) is 14.5 Å². The summed E-state index contributed by atoms with van der Waals surface area (Å²) >= 11 is 0. The molecule has 0 fully saturated rings. The molecule has 11 heteroatoms. The molecule has 0 saturated heterocycles. The van der Waals surface area contributed by atoms with Gasteiger partial charge in [-0.1, -0.05) is 0 Å². The summed E-state index contributed by atoms with van der Waals surface area (Å²) in [6.07, 6.45) is 6.60. The second-order valence-electron chi connectivity index (χ2n) is 5.33. The molecule has 0 amide bonds. The number of nitro groups is 1. The maximum atomic E-state index is 11.4. The first kappa shape index (κ1) is 17.5. The van der Waals surface area contributed by atoms with Gasteiger partial charge >= 0.3 is 0 Å². The molecule has 0 atom stereocenters. The molecular weight excluding hydrogens is 360 g/mol. The van der Waals surface area contributed by atoms with Gasteiger partial charge in [-0.25, -0.2) is 23.5 Å². The molecule has 134 valence electrons. The molecule has 1 aromatic carbocycles. The number of hydrogen-bond acceptors (Lipinski definition) is 7. The van der Waals surface area contributed by atoms with Crippen LogP contribution in [0.25, 0.3) is 5.82 Å². The van der Waals surface area contributed by atoms with Crippen molar-refractivity contribution in [1.29, 1.82) is 0 Å². The number of nitrogens with two attached hydrogens (primary N) is 1. The van der Waals surface area contributed by atoms with Gasteiger partial charge in [-0.15, -0.1) is 0 Å².